The second-order valence-corrected chi connectivity index (χ2v) is 6.36. The highest BCUT2D eigenvalue weighted by molar-refractivity contribution is 9.09. The van der Waals surface area contributed by atoms with Gasteiger partial charge in [0.25, 0.3) is 5.91 Å². The molecule has 0 spiro atoms. The van der Waals surface area contributed by atoms with Gasteiger partial charge in [0.15, 0.2) is 0 Å². The molecule has 2 rings (SSSR count). The number of hydrogen-bond donors (Lipinski definition) is 0. The van der Waals surface area contributed by atoms with Crippen LogP contribution in [0.15, 0.2) is 18.2 Å². The molecule has 1 unspecified atom stereocenters. The quantitative estimate of drug-likeness (QED) is 0.707. The highest BCUT2D eigenvalue weighted by Gasteiger charge is 2.27. The molecule has 1 atom stereocenters. The lowest BCUT2D eigenvalue weighted by molar-refractivity contribution is 0.0610. The van der Waals surface area contributed by atoms with Crippen molar-refractivity contribution in [3.63, 3.8) is 0 Å². The van der Waals surface area contributed by atoms with Crippen LogP contribution >= 0.6 is 39.1 Å². The molecule has 19 heavy (non-hydrogen) atoms. The van der Waals surface area contributed by atoms with Gasteiger partial charge in [0.2, 0.25) is 0 Å². The molecule has 1 aliphatic heterocycles. The summed E-state index contributed by atoms with van der Waals surface area (Å²) in [7, 11) is 0. The number of likely N-dealkylation sites (tertiary alicyclic amines) is 1. The normalized spacial score (nSPS) is 19.5. The second kappa shape index (κ2) is 6.96. The molecule has 1 saturated heterocycles. The van der Waals surface area contributed by atoms with E-state index < -0.39 is 0 Å². The summed E-state index contributed by atoms with van der Waals surface area (Å²) >= 11 is 15.3. The van der Waals surface area contributed by atoms with E-state index in [-0.39, 0.29) is 5.91 Å². The molecule has 104 valence electrons. The zero-order valence-electron chi connectivity index (χ0n) is 10.5. The SMILES string of the molecule is O=C(c1ccc(Cl)c(Cl)c1)N1CCCCC1CCBr. The van der Waals surface area contributed by atoms with Crippen LogP contribution in [0.3, 0.4) is 0 Å². The van der Waals surface area contributed by atoms with Crippen LogP contribution in [-0.2, 0) is 0 Å². The number of hydrogen-bond acceptors (Lipinski definition) is 1. The van der Waals surface area contributed by atoms with E-state index in [2.05, 4.69) is 15.9 Å². The van der Waals surface area contributed by atoms with Gasteiger partial charge in [0, 0.05) is 23.5 Å². The van der Waals surface area contributed by atoms with Crippen LogP contribution in [0.25, 0.3) is 0 Å². The summed E-state index contributed by atoms with van der Waals surface area (Å²) in [6, 6.07) is 5.42. The maximum absolute atomic E-state index is 12.6. The third kappa shape index (κ3) is 3.65. The predicted octanol–water partition coefficient (Wildman–Crippen LogP) is 4.77. The smallest absolute Gasteiger partial charge is 0.254 e. The maximum Gasteiger partial charge on any atom is 0.254 e. The van der Waals surface area contributed by atoms with Crippen molar-refractivity contribution in [3.8, 4) is 0 Å². The van der Waals surface area contributed by atoms with Gasteiger partial charge in [-0.2, -0.15) is 0 Å². The van der Waals surface area contributed by atoms with Crippen molar-refractivity contribution in [1.82, 2.24) is 4.90 Å². The Balaban J connectivity index is 2.18. The molecule has 0 saturated carbocycles. The van der Waals surface area contributed by atoms with Crippen molar-refractivity contribution in [2.75, 3.05) is 11.9 Å². The first kappa shape index (κ1) is 15.1. The number of carbonyl (C=O) groups excluding carboxylic acids is 1. The summed E-state index contributed by atoms with van der Waals surface area (Å²) in [5.41, 5.74) is 0.621. The van der Waals surface area contributed by atoms with Gasteiger partial charge in [-0.25, -0.2) is 0 Å². The number of carbonyl (C=O) groups is 1. The fourth-order valence-electron chi connectivity index (χ4n) is 2.49. The zero-order chi connectivity index (χ0) is 13.8. The van der Waals surface area contributed by atoms with E-state index in [1.807, 2.05) is 4.90 Å². The number of piperidine rings is 1. The Morgan fingerprint density at radius 1 is 1.32 bits per heavy atom. The van der Waals surface area contributed by atoms with Gasteiger partial charge in [-0.1, -0.05) is 39.1 Å². The lowest BCUT2D eigenvalue weighted by Crippen LogP contribution is -2.43. The standard InChI is InChI=1S/C14H16BrCl2NO/c15-7-6-11-3-1-2-8-18(11)14(19)10-4-5-12(16)13(17)9-10/h4-5,9,11H,1-3,6-8H2. The molecule has 1 aromatic rings. The molecule has 1 heterocycles. The van der Waals surface area contributed by atoms with Crippen LogP contribution in [0, 0.1) is 0 Å². The summed E-state index contributed by atoms with van der Waals surface area (Å²) in [5.74, 6) is 0.0595. The summed E-state index contributed by atoms with van der Waals surface area (Å²) in [4.78, 5) is 14.5. The lowest BCUT2D eigenvalue weighted by Gasteiger charge is -2.35. The van der Waals surface area contributed by atoms with Crippen LogP contribution in [0.5, 0.6) is 0 Å². The molecule has 1 aliphatic rings. The van der Waals surface area contributed by atoms with Crippen LogP contribution in [0.4, 0.5) is 0 Å². The minimum absolute atomic E-state index is 0.0595. The van der Waals surface area contributed by atoms with Crippen LogP contribution in [0.1, 0.15) is 36.0 Å². The third-order valence-electron chi connectivity index (χ3n) is 3.50. The van der Waals surface area contributed by atoms with Crippen molar-refractivity contribution < 1.29 is 4.79 Å². The monoisotopic (exact) mass is 363 g/mol. The van der Waals surface area contributed by atoms with Crippen molar-refractivity contribution in [3.05, 3.63) is 33.8 Å². The van der Waals surface area contributed by atoms with Crippen LogP contribution in [-0.4, -0.2) is 28.7 Å². The third-order valence-corrected chi connectivity index (χ3v) is 4.69. The molecule has 1 fully saturated rings. The Morgan fingerprint density at radius 3 is 2.79 bits per heavy atom. The highest BCUT2D eigenvalue weighted by atomic mass is 79.9. The fourth-order valence-corrected chi connectivity index (χ4v) is 3.32. The van der Waals surface area contributed by atoms with Gasteiger partial charge in [-0.3, -0.25) is 4.79 Å². The van der Waals surface area contributed by atoms with E-state index in [1.165, 1.54) is 6.42 Å². The van der Waals surface area contributed by atoms with Crippen molar-refractivity contribution >= 4 is 45.0 Å². The van der Waals surface area contributed by atoms with Crippen molar-refractivity contribution in [2.45, 2.75) is 31.7 Å². The first-order valence-electron chi connectivity index (χ1n) is 6.45. The summed E-state index contributed by atoms with van der Waals surface area (Å²) in [6.45, 7) is 0.830. The first-order valence-corrected chi connectivity index (χ1v) is 8.33. The summed E-state index contributed by atoms with van der Waals surface area (Å²) < 4.78 is 0. The molecule has 2 nitrogen and oxygen atoms in total. The highest BCUT2D eigenvalue weighted by Crippen LogP contribution is 2.26. The number of benzene rings is 1. The van der Waals surface area contributed by atoms with E-state index in [1.54, 1.807) is 18.2 Å². The Morgan fingerprint density at radius 2 is 2.11 bits per heavy atom. The average molecular weight is 365 g/mol. The molecular weight excluding hydrogens is 349 g/mol. The van der Waals surface area contributed by atoms with E-state index in [4.69, 9.17) is 23.2 Å². The molecule has 0 N–H and O–H groups in total. The molecule has 0 aromatic heterocycles. The average Bonchev–Trinajstić information content (AvgIpc) is 2.42. The summed E-state index contributed by atoms with van der Waals surface area (Å²) in [5, 5.41) is 1.83. The van der Waals surface area contributed by atoms with Gasteiger partial charge in [0.05, 0.1) is 10.0 Å². The molecular formula is C14H16BrCl2NO. The molecule has 0 aliphatic carbocycles. The second-order valence-electron chi connectivity index (χ2n) is 4.75. The minimum atomic E-state index is 0.0595. The van der Waals surface area contributed by atoms with E-state index in [9.17, 15) is 4.79 Å². The van der Waals surface area contributed by atoms with Gasteiger partial charge in [-0.05, 0) is 43.9 Å². The first-order chi connectivity index (χ1) is 9.13. The van der Waals surface area contributed by atoms with Gasteiger partial charge in [0.1, 0.15) is 0 Å². The summed E-state index contributed by atoms with van der Waals surface area (Å²) in [6.07, 6.45) is 4.35. The van der Waals surface area contributed by atoms with E-state index in [0.29, 0.717) is 21.7 Å². The minimum Gasteiger partial charge on any atom is -0.336 e. The molecule has 1 amide bonds. The number of amides is 1. The maximum atomic E-state index is 12.6. The number of halogens is 3. The van der Waals surface area contributed by atoms with Crippen LogP contribution < -0.4 is 0 Å². The molecule has 5 heteroatoms. The Bertz CT molecular complexity index is 465. The largest absolute Gasteiger partial charge is 0.336 e. The Hall–Kier alpha value is -0.250. The molecule has 1 aromatic carbocycles. The van der Waals surface area contributed by atoms with Gasteiger partial charge < -0.3 is 4.90 Å². The predicted molar refractivity (Wildman–Crippen MR) is 83.5 cm³/mol. The fraction of sp³-hybridized carbons (Fsp3) is 0.500. The van der Waals surface area contributed by atoms with E-state index in [0.717, 1.165) is 31.1 Å². The van der Waals surface area contributed by atoms with Crippen LogP contribution in [0.2, 0.25) is 10.0 Å². The topological polar surface area (TPSA) is 20.3 Å². The number of rotatable bonds is 3. The van der Waals surface area contributed by atoms with Gasteiger partial charge in [-0.15, -0.1) is 0 Å². The van der Waals surface area contributed by atoms with E-state index >= 15 is 0 Å². The van der Waals surface area contributed by atoms with Gasteiger partial charge >= 0.3 is 0 Å². The zero-order valence-corrected chi connectivity index (χ0v) is 13.6. The Labute approximate surface area is 132 Å². The van der Waals surface area contributed by atoms with Crippen molar-refractivity contribution in [1.29, 1.82) is 0 Å². The lowest BCUT2D eigenvalue weighted by atomic mass is 9.99. The Kier molecular flexibility index (Phi) is 5.55. The molecule has 0 radical (unpaired) electrons. The molecule has 0 bridgehead atoms. The number of alkyl halides is 1. The number of nitrogens with zero attached hydrogens (tertiary/aromatic N) is 1. The van der Waals surface area contributed by atoms with Crippen molar-refractivity contribution in [2.24, 2.45) is 0 Å².